The number of rotatable bonds is 2. The molecule has 96 valence electrons. The number of hydrogen-bond acceptors (Lipinski definition) is 1. The Hall–Kier alpha value is -2.00. The molecular formula is C15H12ClFN2. The van der Waals surface area contributed by atoms with E-state index in [0.29, 0.717) is 6.54 Å². The van der Waals surface area contributed by atoms with Crippen LogP contribution in [-0.4, -0.2) is 4.57 Å². The van der Waals surface area contributed by atoms with Gasteiger partial charge in [-0.15, -0.1) is 0 Å². The van der Waals surface area contributed by atoms with E-state index in [1.165, 1.54) is 6.07 Å². The van der Waals surface area contributed by atoms with Crippen LogP contribution >= 0.6 is 11.6 Å². The molecule has 4 heteroatoms. The van der Waals surface area contributed by atoms with Crippen molar-refractivity contribution in [2.75, 3.05) is 5.73 Å². The van der Waals surface area contributed by atoms with E-state index >= 15 is 0 Å². The van der Waals surface area contributed by atoms with Gasteiger partial charge in [0.1, 0.15) is 5.82 Å². The van der Waals surface area contributed by atoms with E-state index in [2.05, 4.69) is 0 Å². The first-order chi connectivity index (χ1) is 9.13. The third-order valence-electron chi connectivity index (χ3n) is 3.13. The highest BCUT2D eigenvalue weighted by Gasteiger charge is 2.05. The highest BCUT2D eigenvalue weighted by atomic mass is 35.5. The van der Waals surface area contributed by atoms with Gasteiger partial charge in [-0.05, 0) is 41.3 Å². The summed E-state index contributed by atoms with van der Waals surface area (Å²) in [7, 11) is 0. The maximum atomic E-state index is 13.4. The van der Waals surface area contributed by atoms with E-state index in [1.54, 1.807) is 6.07 Å². The molecule has 0 spiro atoms. The second-order valence-corrected chi connectivity index (χ2v) is 4.92. The number of fused-ring (bicyclic) bond motifs is 1. The van der Waals surface area contributed by atoms with E-state index in [-0.39, 0.29) is 5.02 Å². The average Bonchev–Trinajstić information content (AvgIpc) is 2.77. The van der Waals surface area contributed by atoms with Crippen LogP contribution in [0.5, 0.6) is 0 Å². The Bertz CT molecular complexity index is 749. The smallest absolute Gasteiger partial charge is 0.142 e. The SMILES string of the molecule is Nc1ccc2ccn(Cc3ccc(Cl)c(F)c3)c2c1. The van der Waals surface area contributed by atoms with Gasteiger partial charge in [0.05, 0.1) is 10.5 Å². The molecule has 19 heavy (non-hydrogen) atoms. The fourth-order valence-corrected chi connectivity index (χ4v) is 2.29. The third-order valence-corrected chi connectivity index (χ3v) is 3.44. The second-order valence-electron chi connectivity index (χ2n) is 4.51. The summed E-state index contributed by atoms with van der Waals surface area (Å²) in [5.41, 5.74) is 8.42. The maximum absolute atomic E-state index is 13.4. The Balaban J connectivity index is 2.00. The second kappa shape index (κ2) is 4.59. The Morgan fingerprint density at radius 3 is 2.74 bits per heavy atom. The van der Waals surface area contributed by atoms with Crippen molar-refractivity contribution >= 4 is 28.2 Å². The van der Waals surface area contributed by atoms with Crippen molar-refractivity contribution in [3.63, 3.8) is 0 Å². The molecule has 0 radical (unpaired) electrons. The molecule has 0 fully saturated rings. The number of nitrogen functional groups attached to an aromatic ring is 1. The van der Waals surface area contributed by atoms with Crippen LogP contribution < -0.4 is 5.73 Å². The molecule has 0 atom stereocenters. The highest BCUT2D eigenvalue weighted by molar-refractivity contribution is 6.30. The number of nitrogens with zero attached hydrogens (tertiary/aromatic N) is 1. The van der Waals surface area contributed by atoms with Gasteiger partial charge < -0.3 is 10.3 Å². The standard InChI is InChI=1S/C15H12ClFN2/c16-13-4-1-10(7-14(13)17)9-19-6-5-11-2-3-12(18)8-15(11)19/h1-8H,9,18H2. The van der Waals surface area contributed by atoms with Crippen LogP contribution in [0.2, 0.25) is 5.02 Å². The van der Waals surface area contributed by atoms with Gasteiger partial charge in [0.25, 0.3) is 0 Å². The molecule has 0 unspecified atom stereocenters. The van der Waals surface area contributed by atoms with Gasteiger partial charge >= 0.3 is 0 Å². The first-order valence-electron chi connectivity index (χ1n) is 5.92. The highest BCUT2D eigenvalue weighted by Crippen LogP contribution is 2.21. The molecule has 0 aliphatic heterocycles. The molecule has 0 bridgehead atoms. The summed E-state index contributed by atoms with van der Waals surface area (Å²) in [4.78, 5) is 0. The molecule has 0 aliphatic carbocycles. The Kier molecular flexibility index (Phi) is 2.91. The maximum Gasteiger partial charge on any atom is 0.142 e. The fourth-order valence-electron chi connectivity index (χ4n) is 2.17. The monoisotopic (exact) mass is 274 g/mol. The predicted molar refractivity (Wildman–Crippen MR) is 76.9 cm³/mol. The number of benzene rings is 2. The van der Waals surface area contributed by atoms with Crippen molar-refractivity contribution in [2.45, 2.75) is 6.54 Å². The van der Waals surface area contributed by atoms with E-state index < -0.39 is 5.82 Å². The van der Waals surface area contributed by atoms with Crippen molar-refractivity contribution in [3.8, 4) is 0 Å². The molecule has 1 heterocycles. The predicted octanol–water partition coefficient (Wildman–Crippen LogP) is 4.06. The summed E-state index contributed by atoms with van der Waals surface area (Å²) in [6, 6.07) is 12.6. The van der Waals surface area contributed by atoms with E-state index in [1.807, 2.05) is 41.1 Å². The number of halogens is 2. The van der Waals surface area contributed by atoms with Crippen molar-refractivity contribution < 1.29 is 4.39 Å². The summed E-state index contributed by atoms with van der Waals surface area (Å²) < 4.78 is 15.5. The zero-order valence-electron chi connectivity index (χ0n) is 10.1. The Labute approximate surface area is 115 Å². The van der Waals surface area contributed by atoms with E-state index in [4.69, 9.17) is 17.3 Å². The summed E-state index contributed by atoms with van der Waals surface area (Å²) in [5.74, 6) is -0.393. The zero-order chi connectivity index (χ0) is 13.4. The fraction of sp³-hybridized carbons (Fsp3) is 0.0667. The van der Waals surface area contributed by atoms with Crippen molar-refractivity contribution in [1.29, 1.82) is 0 Å². The largest absolute Gasteiger partial charge is 0.399 e. The van der Waals surface area contributed by atoms with E-state index in [0.717, 1.165) is 22.2 Å². The summed E-state index contributed by atoms with van der Waals surface area (Å²) in [5, 5.41) is 1.26. The number of nitrogens with two attached hydrogens (primary N) is 1. The third kappa shape index (κ3) is 2.29. The first kappa shape index (κ1) is 12.1. The van der Waals surface area contributed by atoms with Gasteiger partial charge in [0, 0.05) is 18.4 Å². The van der Waals surface area contributed by atoms with Gasteiger partial charge in [-0.1, -0.05) is 23.7 Å². The normalized spacial score (nSPS) is 11.1. The van der Waals surface area contributed by atoms with Gasteiger partial charge in [0.15, 0.2) is 0 Å². The Morgan fingerprint density at radius 1 is 1.11 bits per heavy atom. The zero-order valence-corrected chi connectivity index (χ0v) is 10.9. The van der Waals surface area contributed by atoms with Crippen LogP contribution in [0.4, 0.5) is 10.1 Å². The molecule has 2 nitrogen and oxygen atoms in total. The van der Waals surface area contributed by atoms with Crippen molar-refractivity contribution in [2.24, 2.45) is 0 Å². The minimum atomic E-state index is -0.393. The molecule has 0 saturated carbocycles. The molecule has 3 aromatic rings. The molecule has 1 aromatic heterocycles. The van der Waals surface area contributed by atoms with Gasteiger partial charge in [-0.25, -0.2) is 4.39 Å². The van der Waals surface area contributed by atoms with E-state index in [9.17, 15) is 4.39 Å². The topological polar surface area (TPSA) is 30.9 Å². The quantitative estimate of drug-likeness (QED) is 0.702. The molecular weight excluding hydrogens is 263 g/mol. The first-order valence-corrected chi connectivity index (χ1v) is 6.29. The minimum absolute atomic E-state index is 0.144. The average molecular weight is 275 g/mol. The van der Waals surface area contributed by atoms with Crippen LogP contribution in [0, 0.1) is 5.82 Å². The molecule has 2 aromatic carbocycles. The minimum Gasteiger partial charge on any atom is -0.399 e. The molecule has 3 rings (SSSR count). The lowest BCUT2D eigenvalue weighted by Crippen LogP contribution is -1.99. The lowest BCUT2D eigenvalue weighted by atomic mass is 10.2. The summed E-state index contributed by atoms with van der Waals surface area (Å²) >= 11 is 5.68. The van der Waals surface area contributed by atoms with Crippen molar-refractivity contribution in [3.05, 3.63) is 65.1 Å². The number of hydrogen-bond donors (Lipinski definition) is 1. The van der Waals surface area contributed by atoms with Crippen LogP contribution in [-0.2, 0) is 6.54 Å². The van der Waals surface area contributed by atoms with Gasteiger partial charge in [-0.3, -0.25) is 0 Å². The van der Waals surface area contributed by atoms with Crippen LogP contribution in [0.25, 0.3) is 10.9 Å². The molecule has 0 amide bonds. The Morgan fingerprint density at radius 2 is 1.95 bits per heavy atom. The van der Waals surface area contributed by atoms with Gasteiger partial charge in [0.2, 0.25) is 0 Å². The van der Waals surface area contributed by atoms with Crippen LogP contribution in [0.3, 0.4) is 0 Å². The molecule has 0 saturated heterocycles. The van der Waals surface area contributed by atoms with Crippen LogP contribution in [0.1, 0.15) is 5.56 Å². The number of anilines is 1. The molecule has 0 aliphatic rings. The number of aromatic nitrogens is 1. The summed E-state index contributed by atoms with van der Waals surface area (Å²) in [6.45, 7) is 0.584. The van der Waals surface area contributed by atoms with Gasteiger partial charge in [-0.2, -0.15) is 0 Å². The summed E-state index contributed by atoms with van der Waals surface area (Å²) in [6.07, 6.45) is 1.97. The lowest BCUT2D eigenvalue weighted by Gasteiger charge is -2.07. The van der Waals surface area contributed by atoms with Crippen molar-refractivity contribution in [1.82, 2.24) is 4.57 Å². The lowest BCUT2D eigenvalue weighted by molar-refractivity contribution is 0.624. The molecule has 2 N–H and O–H groups in total. The van der Waals surface area contributed by atoms with Crippen LogP contribution in [0.15, 0.2) is 48.7 Å².